The number of amides is 2. The molecule has 3 aromatic rings. The number of nitrogens with zero attached hydrogens (tertiary/aromatic N) is 2. The van der Waals surface area contributed by atoms with E-state index in [1.165, 1.54) is 6.20 Å². The number of fused-ring (bicyclic) bond motifs is 2. The van der Waals surface area contributed by atoms with Gasteiger partial charge in [0.15, 0.2) is 11.5 Å². The summed E-state index contributed by atoms with van der Waals surface area (Å²) < 4.78 is 12.7. The number of ether oxygens (including phenoxy) is 2. The lowest BCUT2D eigenvalue weighted by atomic mass is 10.0. The van der Waals surface area contributed by atoms with Crippen molar-refractivity contribution >= 4 is 22.7 Å². The molecule has 2 amide bonds. The van der Waals surface area contributed by atoms with E-state index in [1.54, 1.807) is 24.7 Å². The zero-order valence-electron chi connectivity index (χ0n) is 19.5. The summed E-state index contributed by atoms with van der Waals surface area (Å²) in [6.45, 7) is 6.90. The number of imidazole rings is 1. The lowest BCUT2D eigenvalue weighted by molar-refractivity contribution is -0.123. The molecule has 0 aliphatic carbocycles. The molecule has 0 saturated heterocycles. The van der Waals surface area contributed by atoms with Crippen molar-refractivity contribution in [2.24, 2.45) is 5.92 Å². The van der Waals surface area contributed by atoms with E-state index in [2.05, 4.69) is 20.6 Å². The number of aromatic amines is 1. The SMILES string of the molecule is CCn1cc(C(=O)NC(CC(C)C)C(=O)NCCc2cnc[nH]2)c(=O)c2cc3c(cc21)OCO3. The molecule has 180 valence electrons. The predicted molar refractivity (Wildman–Crippen MR) is 126 cm³/mol. The zero-order chi connectivity index (χ0) is 24.2. The highest BCUT2D eigenvalue weighted by Crippen LogP contribution is 2.35. The summed E-state index contributed by atoms with van der Waals surface area (Å²) in [5.74, 6) is 0.323. The minimum Gasteiger partial charge on any atom is -0.454 e. The molecular formula is C24H29N5O5. The summed E-state index contributed by atoms with van der Waals surface area (Å²) in [5.41, 5.74) is 1.12. The first-order chi connectivity index (χ1) is 16.4. The Labute approximate surface area is 196 Å². The predicted octanol–water partition coefficient (Wildman–Crippen LogP) is 1.98. The van der Waals surface area contributed by atoms with Crippen LogP contribution in [0.25, 0.3) is 10.9 Å². The van der Waals surface area contributed by atoms with Crippen molar-refractivity contribution in [1.82, 2.24) is 25.2 Å². The van der Waals surface area contributed by atoms with Crippen molar-refractivity contribution in [3.8, 4) is 11.5 Å². The largest absolute Gasteiger partial charge is 0.454 e. The molecule has 1 aliphatic rings. The molecule has 2 aromatic heterocycles. The molecule has 0 spiro atoms. The number of H-pyrrole nitrogens is 1. The Morgan fingerprint density at radius 2 is 2.00 bits per heavy atom. The van der Waals surface area contributed by atoms with Crippen LogP contribution in [-0.2, 0) is 17.8 Å². The minimum atomic E-state index is -0.767. The molecule has 0 fully saturated rings. The maximum absolute atomic E-state index is 13.2. The van der Waals surface area contributed by atoms with Gasteiger partial charge in [-0.2, -0.15) is 0 Å². The number of nitrogens with one attached hydrogen (secondary N) is 3. The summed E-state index contributed by atoms with van der Waals surface area (Å²) >= 11 is 0. The molecule has 1 atom stereocenters. The van der Waals surface area contributed by atoms with Crippen molar-refractivity contribution in [3.05, 3.63) is 52.3 Å². The van der Waals surface area contributed by atoms with Crippen LogP contribution in [0.5, 0.6) is 11.5 Å². The highest BCUT2D eigenvalue weighted by atomic mass is 16.7. The third-order valence-corrected chi connectivity index (χ3v) is 5.74. The first-order valence-electron chi connectivity index (χ1n) is 11.4. The third-order valence-electron chi connectivity index (χ3n) is 5.74. The average Bonchev–Trinajstić information content (AvgIpc) is 3.49. The molecule has 1 unspecified atom stereocenters. The van der Waals surface area contributed by atoms with Crippen molar-refractivity contribution in [3.63, 3.8) is 0 Å². The van der Waals surface area contributed by atoms with Gasteiger partial charge < -0.3 is 29.7 Å². The smallest absolute Gasteiger partial charge is 0.257 e. The molecule has 4 rings (SSSR count). The van der Waals surface area contributed by atoms with Crippen LogP contribution in [0.15, 0.2) is 35.6 Å². The Bertz CT molecular complexity index is 1250. The number of hydrogen-bond acceptors (Lipinski definition) is 6. The van der Waals surface area contributed by atoms with E-state index in [4.69, 9.17) is 9.47 Å². The molecule has 3 N–H and O–H groups in total. The van der Waals surface area contributed by atoms with Crippen LogP contribution < -0.4 is 25.5 Å². The Balaban J connectivity index is 1.56. The van der Waals surface area contributed by atoms with E-state index in [1.807, 2.05) is 25.3 Å². The summed E-state index contributed by atoms with van der Waals surface area (Å²) in [6, 6.07) is 2.59. The van der Waals surface area contributed by atoms with Gasteiger partial charge in [0.05, 0.1) is 17.2 Å². The molecular weight excluding hydrogens is 438 g/mol. The van der Waals surface area contributed by atoms with Gasteiger partial charge >= 0.3 is 0 Å². The second-order valence-electron chi connectivity index (χ2n) is 8.65. The van der Waals surface area contributed by atoms with Crippen molar-refractivity contribution in [2.75, 3.05) is 13.3 Å². The summed E-state index contributed by atoms with van der Waals surface area (Å²) in [4.78, 5) is 46.2. The third kappa shape index (κ3) is 4.90. The molecule has 10 nitrogen and oxygen atoms in total. The molecule has 0 bridgehead atoms. The molecule has 1 aliphatic heterocycles. The molecule has 0 saturated carbocycles. The molecule has 3 heterocycles. The van der Waals surface area contributed by atoms with Crippen LogP contribution in [0.4, 0.5) is 0 Å². The van der Waals surface area contributed by atoms with Crippen LogP contribution >= 0.6 is 0 Å². The van der Waals surface area contributed by atoms with Crippen LogP contribution in [-0.4, -0.2) is 45.7 Å². The van der Waals surface area contributed by atoms with Gasteiger partial charge in [0.1, 0.15) is 11.6 Å². The standard InChI is InChI=1S/C24H29N5O5/c1-4-29-11-17(22(30)16-8-20-21(9-19(16)29)34-13-33-20)23(31)28-18(7-14(2)3)24(32)26-6-5-15-10-25-12-27-15/h8-12,14,18H,4-7,13H2,1-3H3,(H,25,27)(H,26,32)(H,28,31). The van der Waals surface area contributed by atoms with Gasteiger partial charge in [-0.15, -0.1) is 0 Å². The van der Waals surface area contributed by atoms with Crippen LogP contribution in [0.1, 0.15) is 43.2 Å². The highest BCUT2D eigenvalue weighted by Gasteiger charge is 2.25. The second kappa shape index (κ2) is 9.98. The average molecular weight is 468 g/mol. The molecule has 10 heteroatoms. The number of pyridine rings is 1. The Morgan fingerprint density at radius 3 is 2.68 bits per heavy atom. The van der Waals surface area contributed by atoms with Gasteiger partial charge in [-0.1, -0.05) is 13.8 Å². The number of aromatic nitrogens is 3. The van der Waals surface area contributed by atoms with E-state index in [0.717, 1.165) is 5.69 Å². The first kappa shape index (κ1) is 23.3. The number of aryl methyl sites for hydroxylation is 1. The maximum atomic E-state index is 13.2. The van der Waals surface area contributed by atoms with Gasteiger partial charge in [-0.3, -0.25) is 14.4 Å². The topological polar surface area (TPSA) is 127 Å². The normalized spacial score (nSPS) is 13.3. The number of carbonyl (C=O) groups excluding carboxylic acids is 2. The van der Waals surface area contributed by atoms with Crippen molar-refractivity contribution < 1.29 is 19.1 Å². The van der Waals surface area contributed by atoms with Crippen LogP contribution in [0.2, 0.25) is 0 Å². The lowest BCUT2D eigenvalue weighted by Gasteiger charge is -2.20. The van der Waals surface area contributed by atoms with Gasteiger partial charge in [-0.25, -0.2) is 4.98 Å². The Hall–Kier alpha value is -3.82. The van der Waals surface area contributed by atoms with E-state index < -0.39 is 17.4 Å². The summed E-state index contributed by atoms with van der Waals surface area (Å²) in [5, 5.41) is 6.00. The number of rotatable bonds is 9. The van der Waals surface area contributed by atoms with Crippen LogP contribution in [0, 0.1) is 5.92 Å². The van der Waals surface area contributed by atoms with Gasteiger partial charge in [0, 0.05) is 43.7 Å². The fourth-order valence-electron chi connectivity index (χ4n) is 4.01. The van der Waals surface area contributed by atoms with E-state index in [9.17, 15) is 14.4 Å². The number of carbonyl (C=O) groups is 2. The molecule has 1 aromatic carbocycles. The minimum absolute atomic E-state index is 0.0211. The first-order valence-corrected chi connectivity index (χ1v) is 11.4. The Kier molecular flexibility index (Phi) is 6.85. The summed E-state index contributed by atoms with van der Waals surface area (Å²) in [6.07, 6.45) is 5.85. The van der Waals surface area contributed by atoms with Crippen LogP contribution in [0.3, 0.4) is 0 Å². The number of benzene rings is 1. The molecule has 0 radical (unpaired) electrons. The van der Waals surface area contributed by atoms with Gasteiger partial charge in [0.2, 0.25) is 18.1 Å². The second-order valence-corrected chi connectivity index (χ2v) is 8.65. The maximum Gasteiger partial charge on any atom is 0.257 e. The van der Waals surface area contributed by atoms with E-state index >= 15 is 0 Å². The van der Waals surface area contributed by atoms with Crippen molar-refractivity contribution in [1.29, 1.82) is 0 Å². The van der Waals surface area contributed by atoms with E-state index in [-0.39, 0.29) is 24.2 Å². The highest BCUT2D eigenvalue weighted by molar-refractivity contribution is 6.00. The lowest BCUT2D eigenvalue weighted by Crippen LogP contribution is -2.48. The van der Waals surface area contributed by atoms with Gasteiger partial charge in [-0.05, 0) is 25.3 Å². The fourth-order valence-corrected chi connectivity index (χ4v) is 4.01. The Morgan fingerprint density at radius 1 is 1.24 bits per heavy atom. The number of hydrogen-bond donors (Lipinski definition) is 3. The van der Waals surface area contributed by atoms with Crippen molar-refractivity contribution in [2.45, 2.75) is 46.2 Å². The van der Waals surface area contributed by atoms with E-state index in [0.29, 0.717) is 48.3 Å². The summed E-state index contributed by atoms with van der Waals surface area (Å²) in [7, 11) is 0. The van der Waals surface area contributed by atoms with Gasteiger partial charge in [0.25, 0.3) is 5.91 Å². The zero-order valence-corrected chi connectivity index (χ0v) is 19.5. The quantitative estimate of drug-likeness (QED) is 0.442. The fraction of sp³-hybridized carbons (Fsp3) is 0.417. The molecule has 34 heavy (non-hydrogen) atoms. The monoisotopic (exact) mass is 467 g/mol.